The summed E-state index contributed by atoms with van der Waals surface area (Å²) in [6.07, 6.45) is 0. The second-order valence-electron chi connectivity index (χ2n) is 21.2. The number of benzene rings is 6. The van der Waals surface area contributed by atoms with Crippen LogP contribution in [0.25, 0.3) is 44.4 Å². The molecular weight excluding hydrogens is 699 g/mol. The summed E-state index contributed by atoms with van der Waals surface area (Å²) >= 11 is 0. The standard InChI is InChI=1S/C55H59BN2/c1-34-19-17-18-22-41(34)48-44-31-38(54(8,9)10)30-43-42-29-39(55(11,12)13)33-47-49(42)56(58(51(43)44)50(48)35-20-15-14-16-21-35)45-32-37(53(5,6)7)25-28-46(45)57(47)40-26-23-36(24-27-40)52(2,3)4/h14-33H,1-13H3. The van der Waals surface area contributed by atoms with Crippen LogP contribution in [0.5, 0.6) is 0 Å². The molecule has 0 aliphatic carbocycles. The van der Waals surface area contributed by atoms with Crippen LogP contribution in [-0.4, -0.2) is 11.3 Å². The van der Waals surface area contributed by atoms with Crippen LogP contribution >= 0.6 is 0 Å². The van der Waals surface area contributed by atoms with Gasteiger partial charge in [0.15, 0.2) is 0 Å². The summed E-state index contributed by atoms with van der Waals surface area (Å²) in [6.45, 7) is 30.4. The van der Waals surface area contributed by atoms with Crippen LogP contribution in [0.15, 0.2) is 121 Å². The van der Waals surface area contributed by atoms with Crippen LogP contribution in [0.2, 0.25) is 0 Å². The molecule has 0 spiro atoms. The zero-order chi connectivity index (χ0) is 41.3. The van der Waals surface area contributed by atoms with Crippen molar-refractivity contribution in [2.75, 3.05) is 4.90 Å². The number of hydrogen-bond acceptors (Lipinski definition) is 1. The highest BCUT2D eigenvalue weighted by Gasteiger charge is 2.45. The Morgan fingerprint density at radius 1 is 0.466 bits per heavy atom. The van der Waals surface area contributed by atoms with E-state index in [1.807, 2.05) is 0 Å². The molecule has 0 radical (unpaired) electrons. The van der Waals surface area contributed by atoms with Crippen molar-refractivity contribution in [1.82, 2.24) is 4.48 Å². The van der Waals surface area contributed by atoms with Crippen molar-refractivity contribution < 1.29 is 0 Å². The number of nitrogens with zero attached hydrogens (tertiary/aromatic N) is 2. The van der Waals surface area contributed by atoms with Gasteiger partial charge in [0, 0.05) is 44.8 Å². The molecule has 6 aromatic carbocycles. The monoisotopic (exact) mass is 758 g/mol. The van der Waals surface area contributed by atoms with Gasteiger partial charge in [0.1, 0.15) is 0 Å². The first-order chi connectivity index (χ1) is 27.2. The summed E-state index contributed by atoms with van der Waals surface area (Å²) in [5.41, 5.74) is 22.2. The van der Waals surface area contributed by atoms with E-state index in [0.29, 0.717) is 0 Å². The van der Waals surface area contributed by atoms with Gasteiger partial charge < -0.3 is 9.38 Å². The SMILES string of the molecule is Cc1ccccc1-c1c(-c2ccccc2)n2c3c(cc(C(C)(C)C)cc13)-c1cc(C(C)(C)C)cc3c1B2c1cc(C(C)(C)C)ccc1N3c1ccc(C(C)(C)C)cc1. The molecule has 0 amide bonds. The molecule has 0 atom stereocenters. The Balaban J connectivity index is 1.52. The summed E-state index contributed by atoms with van der Waals surface area (Å²) in [5, 5.41) is 1.33. The smallest absolute Gasteiger partial charge is 0.333 e. The zero-order valence-corrected chi connectivity index (χ0v) is 37.0. The highest BCUT2D eigenvalue weighted by atomic mass is 15.2. The molecule has 3 heterocycles. The van der Waals surface area contributed by atoms with Crippen molar-refractivity contribution in [2.45, 2.75) is 112 Å². The average molecular weight is 759 g/mol. The maximum absolute atomic E-state index is 2.77. The van der Waals surface area contributed by atoms with E-state index < -0.39 is 0 Å². The Bertz CT molecular complexity index is 2750. The molecule has 0 N–H and O–H groups in total. The molecule has 58 heavy (non-hydrogen) atoms. The summed E-state index contributed by atoms with van der Waals surface area (Å²) in [7, 11) is 0. The molecule has 2 nitrogen and oxygen atoms in total. The van der Waals surface area contributed by atoms with Crippen molar-refractivity contribution in [2.24, 2.45) is 0 Å². The molecule has 2 aliphatic heterocycles. The Labute approximate surface area is 348 Å². The first kappa shape index (κ1) is 38.3. The fourth-order valence-corrected chi connectivity index (χ4v) is 9.50. The largest absolute Gasteiger partial charge is 0.375 e. The van der Waals surface area contributed by atoms with Gasteiger partial charge in [-0.3, -0.25) is 0 Å². The molecule has 3 heteroatoms. The Kier molecular flexibility index (Phi) is 8.48. The van der Waals surface area contributed by atoms with E-state index in [-0.39, 0.29) is 28.5 Å². The second-order valence-corrected chi connectivity index (χ2v) is 21.2. The Morgan fingerprint density at radius 3 is 1.66 bits per heavy atom. The summed E-state index contributed by atoms with van der Waals surface area (Å²) < 4.78 is 2.77. The fraction of sp³-hybridized carbons (Fsp3) is 0.309. The number of hydrogen-bond donors (Lipinski definition) is 0. The highest BCUT2D eigenvalue weighted by molar-refractivity contribution is 6.89. The van der Waals surface area contributed by atoms with Crippen molar-refractivity contribution in [3.05, 3.63) is 149 Å². The molecule has 292 valence electrons. The molecular formula is C55H59BN2. The van der Waals surface area contributed by atoms with Crippen molar-refractivity contribution in [3.8, 4) is 33.5 Å². The second kappa shape index (κ2) is 12.9. The first-order valence-corrected chi connectivity index (χ1v) is 21.3. The van der Waals surface area contributed by atoms with Gasteiger partial charge in [-0.2, -0.15) is 0 Å². The van der Waals surface area contributed by atoms with Gasteiger partial charge in [-0.1, -0.05) is 168 Å². The Hall–Kier alpha value is -5.28. The first-order valence-electron chi connectivity index (χ1n) is 21.3. The van der Waals surface area contributed by atoms with Crippen molar-refractivity contribution in [3.63, 3.8) is 0 Å². The van der Waals surface area contributed by atoms with Crippen molar-refractivity contribution in [1.29, 1.82) is 0 Å². The minimum Gasteiger partial charge on any atom is -0.375 e. The predicted molar refractivity (Wildman–Crippen MR) is 253 cm³/mol. The molecule has 9 rings (SSSR count). The number of fused-ring (bicyclic) bond motifs is 4. The molecule has 2 aliphatic rings. The van der Waals surface area contributed by atoms with Gasteiger partial charge in [0.25, 0.3) is 0 Å². The van der Waals surface area contributed by atoms with Crippen LogP contribution in [-0.2, 0) is 21.7 Å². The van der Waals surface area contributed by atoms with E-state index in [1.54, 1.807) is 0 Å². The maximum atomic E-state index is 2.77. The molecule has 0 fully saturated rings. The lowest BCUT2D eigenvalue weighted by Crippen LogP contribution is -2.57. The van der Waals surface area contributed by atoms with E-state index in [1.165, 1.54) is 100 Å². The van der Waals surface area contributed by atoms with E-state index in [9.17, 15) is 0 Å². The summed E-state index contributed by atoms with van der Waals surface area (Å²) in [4.78, 5) is 2.59. The molecule has 1 aromatic heterocycles. The van der Waals surface area contributed by atoms with Crippen LogP contribution in [0.3, 0.4) is 0 Å². The lowest BCUT2D eigenvalue weighted by molar-refractivity contribution is 0.589. The van der Waals surface area contributed by atoms with Gasteiger partial charge in [-0.25, -0.2) is 0 Å². The van der Waals surface area contributed by atoms with E-state index in [0.717, 1.165) is 0 Å². The Morgan fingerprint density at radius 2 is 1.03 bits per heavy atom. The minimum absolute atomic E-state index is 0.0256. The zero-order valence-electron chi connectivity index (χ0n) is 37.0. The number of aryl methyl sites for hydroxylation is 1. The van der Waals surface area contributed by atoms with Gasteiger partial charge in [0.2, 0.25) is 0 Å². The van der Waals surface area contributed by atoms with Gasteiger partial charge in [-0.05, 0) is 120 Å². The number of aromatic nitrogens is 1. The summed E-state index contributed by atoms with van der Waals surface area (Å²) in [5.74, 6) is 0. The van der Waals surface area contributed by atoms with Crippen LogP contribution < -0.4 is 15.8 Å². The van der Waals surface area contributed by atoms with Crippen molar-refractivity contribution >= 4 is 45.7 Å². The third-order valence-electron chi connectivity index (χ3n) is 12.9. The maximum Gasteiger partial charge on any atom is 0.333 e. The molecule has 0 saturated heterocycles. The van der Waals surface area contributed by atoms with Gasteiger partial charge in [-0.15, -0.1) is 0 Å². The molecule has 0 saturated carbocycles. The van der Waals surface area contributed by atoms with E-state index >= 15 is 0 Å². The average Bonchev–Trinajstić information content (AvgIpc) is 3.50. The van der Waals surface area contributed by atoms with Crippen LogP contribution in [0.1, 0.15) is 111 Å². The van der Waals surface area contributed by atoms with Gasteiger partial charge in [0.05, 0.1) is 0 Å². The number of anilines is 3. The third-order valence-corrected chi connectivity index (χ3v) is 12.9. The third kappa shape index (κ3) is 5.99. The topological polar surface area (TPSA) is 8.17 Å². The minimum atomic E-state index is -0.0686. The quantitative estimate of drug-likeness (QED) is 0.163. The number of rotatable bonds is 3. The lowest BCUT2D eigenvalue weighted by Gasteiger charge is -2.42. The predicted octanol–water partition coefficient (Wildman–Crippen LogP) is 13.9. The molecule has 7 aromatic rings. The van der Waals surface area contributed by atoms with Crippen LogP contribution in [0, 0.1) is 6.92 Å². The van der Waals surface area contributed by atoms with E-state index in [4.69, 9.17) is 0 Å². The molecule has 0 unspecified atom stereocenters. The fourth-order valence-electron chi connectivity index (χ4n) is 9.50. The van der Waals surface area contributed by atoms with E-state index in [2.05, 4.69) is 221 Å². The highest BCUT2D eigenvalue weighted by Crippen LogP contribution is 2.52. The van der Waals surface area contributed by atoms with Gasteiger partial charge >= 0.3 is 6.85 Å². The normalized spacial score (nSPS) is 13.9. The lowest BCUT2D eigenvalue weighted by atomic mass is 9.44. The van der Waals surface area contributed by atoms with Crippen LogP contribution in [0.4, 0.5) is 17.1 Å². The molecule has 0 bridgehead atoms. The summed E-state index contributed by atoms with van der Waals surface area (Å²) in [6, 6.07) is 47.1.